The van der Waals surface area contributed by atoms with E-state index < -0.39 is 11.5 Å². The number of hydrogen-bond acceptors (Lipinski definition) is 6. The summed E-state index contributed by atoms with van der Waals surface area (Å²) in [5.41, 5.74) is 3.65. The first kappa shape index (κ1) is 20.7. The van der Waals surface area contributed by atoms with E-state index in [-0.39, 0.29) is 22.7 Å². The largest absolute Gasteiger partial charge is 0.289 e. The van der Waals surface area contributed by atoms with Gasteiger partial charge in [-0.2, -0.15) is 10.4 Å². The van der Waals surface area contributed by atoms with Crippen molar-refractivity contribution in [2.45, 2.75) is 13.8 Å². The molecule has 3 aromatic heterocycles. The Morgan fingerprint density at radius 1 is 1.29 bits per heavy atom. The van der Waals surface area contributed by atoms with E-state index in [4.69, 9.17) is 11.6 Å². The van der Waals surface area contributed by atoms with Crippen LogP contribution in [0, 0.1) is 25.2 Å². The fraction of sp³-hybridized carbons (Fsp3) is 0.100. The van der Waals surface area contributed by atoms with E-state index in [1.807, 2.05) is 6.07 Å². The summed E-state index contributed by atoms with van der Waals surface area (Å²) in [7, 11) is 0. The first-order valence-electron chi connectivity index (χ1n) is 8.92. The highest BCUT2D eigenvalue weighted by Crippen LogP contribution is 2.21. The van der Waals surface area contributed by atoms with Gasteiger partial charge in [-0.05, 0) is 59.6 Å². The Labute approximate surface area is 189 Å². The maximum absolute atomic E-state index is 13.1. The molecule has 4 aromatic rings. The van der Waals surface area contributed by atoms with Crippen LogP contribution in [0.5, 0.6) is 0 Å². The number of halogens is 2. The number of benzene rings is 1. The number of nitrogens with one attached hydrogen (secondary N) is 1. The van der Waals surface area contributed by atoms with Gasteiger partial charge in [0.15, 0.2) is 5.82 Å². The maximum atomic E-state index is 13.1. The van der Waals surface area contributed by atoms with Crippen molar-refractivity contribution >= 4 is 44.3 Å². The Bertz CT molecular complexity index is 1470. The van der Waals surface area contributed by atoms with E-state index >= 15 is 0 Å². The van der Waals surface area contributed by atoms with Crippen molar-refractivity contribution in [3.63, 3.8) is 0 Å². The van der Waals surface area contributed by atoms with Crippen LogP contribution in [0.15, 0.2) is 45.9 Å². The molecule has 0 atom stereocenters. The molecule has 1 aromatic carbocycles. The van der Waals surface area contributed by atoms with Crippen molar-refractivity contribution in [1.82, 2.24) is 24.4 Å². The standard InChI is InChI=1S/C20H13BrClN7O2/c1-10-6-12(9-23)7-13-17(10)25-11(2)28(20(13)31)27-19(30)15-8-16(21)26-29(15)18-14(22)4-3-5-24-18/h3-8H,1-2H3,(H,27,30). The van der Waals surface area contributed by atoms with Crippen LogP contribution in [0.2, 0.25) is 5.02 Å². The van der Waals surface area contributed by atoms with Gasteiger partial charge in [-0.1, -0.05) is 11.6 Å². The molecule has 11 heteroatoms. The average Bonchev–Trinajstić information content (AvgIpc) is 3.13. The molecule has 4 rings (SSSR count). The molecule has 0 aliphatic rings. The van der Waals surface area contributed by atoms with Crippen LogP contribution >= 0.6 is 27.5 Å². The Hall–Kier alpha value is -3.55. The first-order chi connectivity index (χ1) is 14.8. The molecule has 0 saturated heterocycles. The Morgan fingerprint density at radius 2 is 2.06 bits per heavy atom. The third kappa shape index (κ3) is 3.69. The molecule has 9 nitrogen and oxygen atoms in total. The molecule has 0 radical (unpaired) electrons. The van der Waals surface area contributed by atoms with Crippen molar-refractivity contribution in [3.05, 3.63) is 79.2 Å². The number of amides is 1. The summed E-state index contributed by atoms with van der Waals surface area (Å²) in [6.07, 6.45) is 1.52. The summed E-state index contributed by atoms with van der Waals surface area (Å²) in [6, 6.07) is 9.89. The number of aromatic nitrogens is 5. The summed E-state index contributed by atoms with van der Waals surface area (Å²) >= 11 is 9.45. The van der Waals surface area contributed by atoms with Crippen LogP contribution in [-0.4, -0.2) is 30.3 Å². The van der Waals surface area contributed by atoms with Crippen LogP contribution in [0.1, 0.15) is 27.4 Å². The van der Waals surface area contributed by atoms with Gasteiger partial charge in [0.2, 0.25) is 0 Å². The number of pyridine rings is 1. The number of rotatable bonds is 3. The highest BCUT2D eigenvalue weighted by Gasteiger charge is 2.20. The van der Waals surface area contributed by atoms with Gasteiger partial charge in [-0.15, -0.1) is 0 Å². The molecule has 0 aliphatic heterocycles. The van der Waals surface area contributed by atoms with Crippen LogP contribution in [-0.2, 0) is 0 Å². The molecule has 1 amide bonds. The molecular formula is C20H13BrClN7O2. The SMILES string of the molecule is Cc1cc(C#N)cc2c(=O)n(NC(=O)c3cc(Br)nn3-c3ncccc3Cl)c(C)nc12. The van der Waals surface area contributed by atoms with Crippen LogP contribution in [0.25, 0.3) is 16.7 Å². The Balaban J connectivity index is 1.81. The lowest BCUT2D eigenvalue weighted by molar-refractivity contribution is 0.0998. The van der Waals surface area contributed by atoms with Gasteiger partial charge in [-0.3, -0.25) is 15.0 Å². The zero-order valence-corrected chi connectivity index (χ0v) is 18.6. The maximum Gasteiger partial charge on any atom is 0.289 e. The minimum absolute atomic E-state index is 0.0980. The van der Waals surface area contributed by atoms with Gasteiger partial charge >= 0.3 is 0 Å². The molecule has 154 valence electrons. The molecule has 0 spiro atoms. The number of hydrogen-bond donors (Lipinski definition) is 1. The molecule has 1 N–H and O–H groups in total. The predicted molar refractivity (Wildman–Crippen MR) is 118 cm³/mol. The number of nitriles is 1. The van der Waals surface area contributed by atoms with Crippen molar-refractivity contribution in [1.29, 1.82) is 5.26 Å². The molecule has 0 unspecified atom stereocenters. The minimum atomic E-state index is -0.626. The van der Waals surface area contributed by atoms with Crippen LogP contribution in [0.3, 0.4) is 0 Å². The summed E-state index contributed by atoms with van der Waals surface area (Å²) in [5.74, 6) is -0.0888. The summed E-state index contributed by atoms with van der Waals surface area (Å²) in [6.45, 7) is 3.37. The quantitative estimate of drug-likeness (QED) is 0.463. The zero-order valence-electron chi connectivity index (χ0n) is 16.2. The molecule has 3 heterocycles. The summed E-state index contributed by atoms with van der Waals surface area (Å²) in [4.78, 5) is 34.7. The second-order valence-electron chi connectivity index (χ2n) is 6.61. The Kier molecular flexibility index (Phi) is 5.31. The van der Waals surface area contributed by atoms with Gasteiger partial charge in [-0.25, -0.2) is 19.3 Å². The normalized spacial score (nSPS) is 10.8. The topological polar surface area (TPSA) is 118 Å². The lowest BCUT2D eigenvalue weighted by Gasteiger charge is -2.14. The fourth-order valence-corrected chi connectivity index (χ4v) is 3.71. The number of carbonyl (C=O) groups is 1. The second-order valence-corrected chi connectivity index (χ2v) is 7.83. The van der Waals surface area contributed by atoms with Gasteiger partial charge in [0.25, 0.3) is 11.5 Å². The van der Waals surface area contributed by atoms with Crippen molar-refractivity contribution < 1.29 is 4.79 Å². The van der Waals surface area contributed by atoms with E-state index in [1.165, 1.54) is 23.0 Å². The number of aryl methyl sites for hydroxylation is 2. The first-order valence-corrected chi connectivity index (χ1v) is 10.1. The van der Waals surface area contributed by atoms with Crippen molar-refractivity contribution in [2.24, 2.45) is 0 Å². The van der Waals surface area contributed by atoms with E-state index in [1.54, 1.807) is 32.0 Å². The highest BCUT2D eigenvalue weighted by molar-refractivity contribution is 9.10. The van der Waals surface area contributed by atoms with Gasteiger partial charge in [0, 0.05) is 12.3 Å². The van der Waals surface area contributed by atoms with Gasteiger partial charge in [0.1, 0.15) is 16.1 Å². The van der Waals surface area contributed by atoms with Gasteiger partial charge in [0.05, 0.1) is 27.6 Å². The molecular weight excluding hydrogens is 486 g/mol. The smallest absolute Gasteiger partial charge is 0.267 e. The predicted octanol–water partition coefficient (Wildman–Crippen LogP) is 3.27. The van der Waals surface area contributed by atoms with E-state index in [9.17, 15) is 14.9 Å². The summed E-state index contributed by atoms with van der Waals surface area (Å²) < 4.78 is 2.69. The molecule has 0 aliphatic carbocycles. The zero-order chi connectivity index (χ0) is 22.3. The van der Waals surface area contributed by atoms with E-state index in [0.717, 1.165) is 4.68 Å². The van der Waals surface area contributed by atoms with Crippen molar-refractivity contribution in [2.75, 3.05) is 5.43 Å². The van der Waals surface area contributed by atoms with Crippen LogP contribution < -0.4 is 11.0 Å². The summed E-state index contributed by atoms with van der Waals surface area (Å²) in [5, 5.41) is 14.0. The average molecular weight is 499 g/mol. The lowest BCUT2D eigenvalue weighted by atomic mass is 10.1. The monoisotopic (exact) mass is 497 g/mol. The molecule has 0 bridgehead atoms. The minimum Gasteiger partial charge on any atom is -0.267 e. The molecule has 0 saturated carbocycles. The lowest BCUT2D eigenvalue weighted by Crippen LogP contribution is -2.36. The second kappa shape index (κ2) is 7.94. The number of fused-ring (bicyclic) bond motifs is 1. The van der Waals surface area contributed by atoms with Gasteiger partial charge < -0.3 is 0 Å². The van der Waals surface area contributed by atoms with Crippen molar-refractivity contribution in [3.8, 4) is 11.9 Å². The third-order valence-electron chi connectivity index (χ3n) is 4.53. The number of nitrogens with zero attached hydrogens (tertiary/aromatic N) is 6. The fourth-order valence-electron chi connectivity index (χ4n) is 3.13. The highest BCUT2D eigenvalue weighted by atomic mass is 79.9. The van der Waals surface area contributed by atoms with Crippen LogP contribution in [0.4, 0.5) is 0 Å². The van der Waals surface area contributed by atoms with E-state index in [2.05, 4.69) is 36.4 Å². The Morgan fingerprint density at radius 3 is 2.77 bits per heavy atom. The van der Waals surface area contributed by atoms with E-state index in [0.29, 0.717) is 26.3 Å². The third-order valence-corrected chi connectivity index (χ3v) is 5.21. The number of carbonyl (C=O) groups excluding carboxylic acids is 1. The molecule has 0 fully saturated rings. The molecule has 31 heavy (non-hydrogen) atoms.